The molecular weight excluding hydrogens is 286 g/mol. The molecule has 5 nitrogen and oxygen atoms in total. The van der Waals surface area contributed by atoms with Crippen LogP contribution in [0.25, 0.3) is 10.2 Å². The lowest BCUT2D eigenvalue weighted by atomic mass is 10.1. The minimum atomic E-state index is -0.311. The van der Waals surface area contributed by atoms with Gasteiger partial charge in [0.25, 0.3) is 5.69 Å². The van der Waals surface area contributed by atoms with E-state index in [0.717, 1.165) is 27.7 Å². The lowest BCUT2D eigenvalue weighted by molar-refractivity contribution is -0.383. The molecule has 1 heterocycles. The van der Waals surface area contributed by atoms with Crippen molar-refractivity contribution < 1.29 is 4.92 Å². The summed E-state index contributed by atoms with van der Waals surface area (Å²) < 4.78 is 0.874. The molecule has 1 N–H and O–H groups in total. The minimum Gasteiger partial charge on any atom is -0.379 e. The number of aryl methyl sites for hydroxylation is 1. The van der Waals surface area contributed by atoms with Crippen LogP contribution in [-0.2, 0) is 0 Å². The lowest BCUT2D eigenvalue weighted by Crippen LogP contribution is -2.12. The first kappa shape index (κ1) is 14.3. The number of anilines is 1. The summed E-state index contributed by atoms with van der Waals surface area (Å²) in [6.45, 7) is 5.00. The maximum atomic E-state index is 11.3. The van der Waals surface area contributed by atoms with Gasteiger partial charge >= 0.3 is 0 Å². The van der Waals surface area contributed by atoms with Crippen LogP contribution in [0.3, 0.4) is 0 Å². The highest BCUT2D eigenvalue weighted by Gasteiger charge is 2.23. The summed E-state index contributed by atoms with van der Waals surface area (Å²) in [5.41, 5.74) is 1.58. The molecule has 1 aromatic carbocycles. The van der Waals surface area contributed by atoms with E-state index in [0.29, 0.717) is 11.6 Å². The van der Waals surface area contributed by atoms with Crippen molar-refractivity contribution in [2.24, 2.45) is 11.8 Å². The molecule has 3 rings (SSSR count). The number of thiazole rings is 1. The molecular formula is C15H19N3O2S. The molecule has 2 unspecified atom stereocenters. The fourth-order valence-electron chi connectivity index (χ4n) is 3.14. The van der Waals surface area contributed by atoms with Gasteiger partial charge in [0.1, 0.15) is 5.69 Å². The second-order valence-corrected chi connectivity index (χ2v) is 7.23. The van der Waals surface area contributed by atoms with E-state index in [1.165, 1.54) is 30.6 Å². The standard InChI is InChI=1S/C15H19N3O2S/c1-9-3-4-11(5-9)8-16-12-6-13-15(21-10(2)17-13)7-14(12)18(19)20/h6-7,9,11,16H,3-5,8H2,1-2H3. The number of aromatic nitrogens is 1. The number of nitrogens with zero attached hydrogens (tertiary/aromatic N) is 2. The van der Waals surface area contributed by atoms with Crippen LogP contribution in [0, 0.1) is 28.9 Å². The van der Waals surface area contributed by atoms with Crippen molar-refractivity contribution in [1.82, 2.24) is 4.98 Å². The van der Waals surface area contributed by atoms with Gasteiger partial charge in [0.05, 0.1) is 20.1 Å². The summed E-state index contributed by atoms with van der Waals surface area (Å²) in [6.07, 6.45) is 3.68. The summed E-state index contributed by atoms with van der Waals surface area (Å²) in [7, 11) is 0. The molecule has 0 aliphatic heterocycles. The number of nitro benzene ring substituents is 1. The van der Waals surface area contributed by atoms with E-state index in [9.17, 15) is 10.1 Å². The van der Waals surface area contributed by atoms with Gasteiger partial charge in [-0.1, -0.05) is 13.3 Å². The van der Waals surface area contributed by atoms with E-state index in [4.69, 9.17) is 0 Å². The molecule has 2 aromatic rings. The van der Waals surface area contributed by atoms with Gasteiger partial charge in [0, 0.05) is 12.6 Å². The fourth-order valence-corrected chi connectivity index (χ4v) is 3.98. The second kappa shape index (κ2) is 5.60. The van der Waals surface area contributed by atoms with Crippen molar-refractivity contribution in [3.8, 4) is 0 Å². The summed E-state index contributed by atoms with van der Waals surface area (Å²) >= 11 is 1.49. The third-order valence-corrected chi connectivity index (χ3v) is 5.13. The molecule has 21 heavy (non-hydrogen) atoms. The average Bonchev–Trinajstić information content (AvgIpc) is 2.99. The van der Waals surface area contributed by atoms with Crippen molar-refractivity contribution in [2.45, 2.75) is 33.1 Å². The number of hydrogen-bond acceptors (Lipinski definition) is 5. The zero-order valence-corrected chi connectivity index (χ0v) is 13.1. The maximum Gasteiger partial charge on any atom is 0.293 e. The lowest BCUT2D eigenvalue weighted by Gasteiger charge is -2.12. The average molecular weight is 305 g/mol. The Morgan fingerprint density at radius 3 is 2.95 bits per heavy atom. The van der Waals surface area contributed by atoms with Crippen LogP contribution in [0.1, 0.15) is 31.2 Å². The maximum absolute atomic E-state index is 11.3. The van der Waals surface area contributed by atoms with Gasteiger partial charge in [-0.05, 0) is 37.7 Å². The smallest absolute Gasteiger partial charge is 0.293 e. The zero-order valence-electron chi connectivity index (χ0n) is 12.3. The number of rotatable bonds is 4. The predicted molar refractivity (Wildman–Crippen MR) is 86.0 cm³/mol. The molecule has 6 heteroatoms. The van der Waals surface area contributed by atoms with Crippen LogP contribution in [0.2, 0.25) is 0 Å². The van der Waals surface area contributed by atoms with E-state index >= 15 is 0 Å². The molecule has 1 aromatic heterocycles. The largest absolute Gasteiger partial charge is 0.379 e. The van der Waals surface area contributed by atoms with E-state index in [2.05, 4.69) is 17.2 Å². The van der Waals surface area contributed by atoms with Gasteiger partial charge in [-0.3, -0.25) is 10.1 Å². The monoisotopic (exact) mass is 305 g/mol. The second-order valence-electron chi connectivity index (χ2n) is 5.99. The first-order chi connectivity index (χ1) is 10.0. The van der Waals surface area contributed by atoms with Crippen LogP contribution in [0.15, 0.2) is 12.1 Å². The van der Waals surface area contributed by atoms with Crippen molar-refractivity contribution >= 4 is 32.9 Å². The number of fused-ring (bicyclic) bond motifs is 1. The highest BCUT2D eigenvalue weighted by molar-refractivity contribution is 7.18. The fraction of sp³-hybridized carbons (Fsp3) is 0.533. The van der Waals surface area contributed by atoms with Gasteiger partial charge in [0.15, 0.2) is 0 Å². The molecule has 0 saturated heterocycles. The summed E-state index contributed by atoms with van der Waals surface area (Å²) in [6, 6.07) is 3.45. The van der Waals surface area contributed by atoms with Crippen molar-refractivity contribution in [3.05, 3.63) is 27.3 Å². The predicted octanol–water partition coefficient (Wildman–Crippen LogP) is 4.36. The molecule has 0 spiro atoms. The molecule has 1 saturated carbocycles. The third-order valence-electron chi connectivity index (χ3n) is 4.19. The number of benzene rings is 1. The summed E-state index contributed by atoms with van der Waals surface area (Å²) in [5, 5.41) is 15.5. The topological polar surface area (TPSA) is 68.1 Å². The molecule has 1 fully saturated rings. The Kier molecular flexibility index (Phi) is 3.80. The Hall–Kier alpha value is -1.69. The normalized spacial score (nSPS) is 21.8. The van der Waals surface area contributed by atoms with Gasteiger partial charge in [-0.25, -0.2) is 4.98 Å². The Morgan fingerprint density at radius 1 is 1.48 bits per heavy atom. The molecule has 1 aliphatic rings. The number of nitrogens with one attached hydrogen (secondary N) is 1. The molecule has 0 amide bonds. The van der Waals surface area contributed by atoms with E-state index < -0.39 is 0 Å². The number of nitro groups is 1. The van der Waals surface area contributed by atoms with Gasteiger partial charge in [-0.15, -0.1) is 11.3 Å². The Morgan fingerprint density at radius 2 is 2.29 bits per heavy atom. The van der Waals surface area contributed by atoms with Crippen LogP contribution in [0.4, 0.5) is 11.4 Å². The van der Waals surface area contributed by atoms with E-state index in [-0.39, 0.29) is 10.6 Å². The van der Waals surface area contributed by atoms with Crippen LogP contribution >= 0.6 is 11.3 Å². The van der Waals surface area contributed by atoms with E-state index in [1.807, 2.05) is 13.0 Å². The van der Waals surface area contributed by atoms with Crippen LogP contribution in [0.5, 0.6) is 0 Å². The van der Waals surface area contributed by atoms with Crippen molar-refractivity contribution in [1.29, 1.82) is 0 Å². The van der Waals surface area contributed by atoms with Gasteiger partial charge in [-0.2, -0.15) is 0 Å². The van der Waals surface area contributed by atoms with Crippen LogP contribution in [-0.4, -0.2) is 16.5 Å². The molecule has 2 atom stereocenters. The zero-order chi connectivity index (χ0) is 15.0. The highest BCUT2D eigenvalue weighted by Crippen LogP contribution is 2.35. The molecule has 112 valence electrons. The van der Waals surface area contributed by atoms with Crippen molar-refractivity contribution in [3.63, 3.8) is 0 Å². The first-order valence-corrected chi connectivity index (χ1v) is 8.14. The quantitative estimate of drug-likeness (QED) is 0.673. The van der Waals surface area contributed by atoms with Gasteiger partial charge < -0.3 is 5.32 Å². The van der Waals surface area contributed by atoms with Crippen molar-refractivity contribution in [2.75, 3.05) is 11.9 Å². The molecule has 0 radical (unpaired) electrons. The van der Waals surface area contributed by atoms with E-state index in [1.54, 1.807) is 6.07 Å². The summed E-state index contributed by atoms with van der Waals surface area (Å²) in [5.74, 6) is 1.39. The Bertz CT molecular complexity index is 683. The Labute approximate surface area is 127 Å². The number of hydrogen-bond donors (Lipinski definition) is 1. The van der Waals surface area contributed by atoms with Crippen LogP contribution < -0.4 is 5.32 Å². The highest BCUT2D eigenvalue weighted by atomic mass is 32.1. The minimum absolute atomic E-state index is 0.150. The van der Waals surface area contributed by atoms with Gasteiger partial charge in [0.2, 0.25) is 0 Å². The molecule has 0 bridgehead atoms. The third kappa shape index (κ3) is 3.00. The first-order valence-electron chi connectivity index (χ1n) is 7.32. The Balaban J connectivity index is 1.85. The summed E-state index contributed by atoms with van der Waals surface area (Å²) in [4.78, 5) is 15.4. The molecule has 1 aliphatic carbocycles. The SMILES string of the molecule is Cc1nc2cc(NCC3CCC(C)C3)c([N+](=O)[O-])cc2s1.